The Labute approximate surface area is 133 Å². The number of benzene rings is 1. The normalized spacial score (nSPS) is 10.0. The molecule has 3 nitrogen and oxygen atoms in total. The summed E-state index contributed by atoms with van der Waals surface area (Å²) in [6.45, 7) is 0.667. The fourth-order valence-corrected chi connectivity index (χ4v) is 2.21. The van der Waals surface area contributed by atoms with Crippen molar-refractivity contribution in [2.45, 2.75) is 11.4 Å². The second kappa shape index (κ2) is 6.66. The van der Waals surface area contributed by atoms with Gasteiger partial charge in [-0.15, -0.1) is 0 Å². The van der Waals surface area contributed by atoms with Gasteiger partial charge in [0.25, 0.3) is 0 Å². The molecule has 0 spiro atoms. The van der Waals surface area contributed by atoms with Crippen molar-refractivity contribution in [3.63, 3.8) is 0 Å². The van der Waals surface area contributed by atoms with Gasteiger partial charge in [0.2, 0.25) is 0 Å². The molecule has 3 aromatic rings. The molecule has 104 valence electrons. The first kappa shape index (κ1) is 14.7. The Morgan fingerprint density at radius 2 is 1.85 bits per heavy atom. The first-order valence-corrected chi connectivity index (χ1v) is 6.43. The standard InChI is InChI=1S/C15H13N3S.Cu/c19-15-8-2-1-6-13(15)14-7-3-5-12(17-14)11-18-10-4-9-16-18;/h1-10,19H,11H2;/q;+1/p-1. The van der Waals surface area contributed by atoms with E-state index in [0.717, 1.165) is 21.8 Å². The molecule has 0 N–H and O–H groups in total. The van der Waals surface area contributed by atoms with Gasteiger partial charge >= 0.3 is 17.1 Å². The molecule has 0 bridgehead atoms. The summed E-state index contributed by atoms with van der Waals surface area (Å²) in [5.41, 5.74) is 2.88. The van der Waals surface area contributed by atoms with E-state index in [0.29, 0.717) is 6.54 Å². The molecule has 0 fully saturated rings. The largest absolute Gasteiger partial charge is 1.00 e. The summed E-state index contributed by atoms with van der Waals surface area (Å²) in [5, 5.41) is 4.19. The van der Waals surface area contributed by atoms with E-state index in [1.165, 1.54) is 0 Å². The molecule has 2 aromatic heterocycles. The van der Waals surface area contributed by atoms with Gasteiger partial charge in [0.1, 0.15) is 0 Å². The minimum Gasteiger partial charge on any atom is -0.779 e. The number of hydrogen-bond donors (Lipinski definition) is 0. The van der Waals surface area contributed by atoms with Crippen molar-refractivity contribution in [3.8, 4) is 11.3 Å². The van der Waals surface area contributed by atoms with Gasteiger partial charge < -0.3 is 12.6 Å². The van der Waals surface area contributed by atoms with Gasteiger partial charge in [-0.3, -0.25) is 9.67 Å². The van der Waals surface area contributed by atoms with Gasteiger partial charge in [0.05, 0.1) is 17.9 Å². The summed E-state index contributed by atoms with van der Waals surface area (Å²) < 4.78 is 1.85. The van der Waals surface area contributed by atoms with Gasteiger partial charge in [-0.05, 0) is 23.8 Å². The molecule has 0 aliphatic rings. The summed E-state index contributed by atoms with van der Waals surface area (Å²) in [7, 11) is 0. The molecular weight excluding hydrogens is 318 g/mol. The molecule has 0 unspecified atom stereocenters. The predicted molar refractivity (Wildman–Crippen MR) is 76.6 cm³/mol. The molecular formula is C15H12CuN3S. The minimum atomic E-state index is 0. The fourth-order valence-electron chi connectivity index (χ4n) is 1.96. The first-order chi connectivity index (χ1) is 9.33. The number of hydrogen-bond acceptors (Lipinski definition) is 3. The molecule has 0 atom stereocenters. The SMILES string of the molecule is [Cu+].[S-]c1ccccc1-c1cccc(Cn2cccn2)n1. The van der Waals surface area contributed by atoms with E-state index in [-0.39, 0.29) is 17.1 Å². The Hall–Kier alpha value is -1.68. The fraction of sp³-hybridized carbons (Fsp3) is 0.0667. The first-order valence-electron chi connectivity index (χ1n) is 6.03. The van der Waals surface area contributed by atoms with Crippen molar-refractivity contribution in [1.29, 1.82) is 0 Å². The van der Waals surface area contributed by atoms with Gasteiger partial charge in [0, 0.05) is 12.4 Å². The maximum atomic E-state index is 5.34. The molecule has 3 rings (SSSR count). The van der Waals surface area contributed by atoms with Gasteiger partial charge in [-0.1, -0.05) is 30.3 Å². The van der Waals surface area contributed by atoms with Crippen LogP contribution >= 0.6 is 0 Å². The summed E-state index contributed by atoms with van der Waals surface area (Å²) in [6.07, 6.45) is 3.69. The predicted octanol–water partition coefficient (Wildman–Crippen LogP) is 2.90. The Kier molecular flexibility index (Phi) is 4.90. The van der Waals surface area contributed by atoms with Crippen LogP contribution in [-0.2, 0) is 36.2 Å². The maximum absolute atomic E-state index is 5.34. The number of nitrogens with zero attached hydrogens (tertiary/aromatic N) is 3. The average molecular weight is 330 g/mol. The zero-order valence-electron chi connectivity index (χ0n) is 10.5. The second-order valence-electron chi connectivity index (χ2n) is 4.21. The van der Waals surface area contributed by atoms with Crippen LogP contribution in [0, 0.1) is 0 Å². The van der Waals surface area contributed by atoms with Crippen molar-refractivity contribution in [1.82, 2.24) is 14.8 Å². The Bertz CT molecular complexity index is 683. The van der Waals surface area contributed by atoms with Crippen LogP contribution in [0.5, 0.6) is 0 Å². The van der Waals surface area contributed by atoms with Crippen LogP contribution in [0.3, 0.4) is 0 Å². The molecule has 0 radical (unpaired) electrons. The zero-order chi connectivity index (χ0) is 13.1. The Morgan fingerprint density at radius 1 is 1.00 bits per heavy atom. The second-order valence-corrected chi connectivity index (χ2v) is 4.65. The minimum absolute atomic E-state index is 0. The quantitative estimate of drug-likeness (QED) is 0.547. The van der Waals surface area contributed by atoms with E-state index in [9.17, 15) is 0 Å². The van der Waals surface area contributed by atoms with Crippen LogP contribution in [0.4, 0.5) is 0 Å². The summed E-state index contributed by atoms with van der Waals surface area (Å²) in [4.78, 5) is 5.48. The third kappa shape index (κ3) is 3.25. The van der Waals surface area contributed by atoms with Crippen LogP contribution in [0.2, 0.25) is 0 Å². The van der Waals surface area contributed by atoms with Crippen molar-refractivity contribution in [2.24, 2.45) is 0 Å². The summed E-state index contributed by atoms with van der Waals surface area (Å²) >= 11 is 5.34. The van der Waals surface area contributed by atoms with Crippen LogP contribution in [-0.4, -0.2) is 14.8 Å². The molecule has 2 heterocycles. The maximum Gasteiger partial charge on any atom is 1.00 e. The van der Waals surface area contributed by atoms with Crippen molar-refractivity contribution >= 4 is 12.6 Å². The summed E-state index contributed by atoms with van der Waals surface area (Å²) in [6, 6.07) is 15.7. The Balaban J connectivity index is 0.00000147. The molecule has 1 aromatic carbocycles. The third-order valence-electron chi connectivity index (χ3n) is 2.85. The third-order valence-corrected chi connectivity index (χ3v) is 3.21. The summed E-state index contributed by atoms with van der Waals surface area (Å²) in [5.74, 6) is 0. The van der Waals surface area contributed by atoms with Crippen molar-refractivity contribution < 1.29 is 17.1 Å². The van der Waals surface area contributed by atoms with Gasteiger partial charge in [-0.25, -0.2) is 0 Å². The van der Waals surface area contributed by atoms with E-state index < -0.39 is 0 Å². The van der Waals surface area contributed by atoms with E-state index in [1.54, 1.807) is 6.20 Å². The van der Waals surface area contributed by atoms with E-state index in [4.69, 9.17) is 12.6 Å². The van der Waals surface area contributed by atoms with E-state index in [2.05, 4.69) is 10.1 Å². The molecule has 5 heteroatoms. The number of rotatable bonds is 3. The van der Waals surface area contributed by atoms with E-state index >= 15 is 0 Å². The number of aromatic nitrogens is 3. The average Bonchev–Trinajstić information content (AvgIpc) is 2.92. The molecule has 0 saturated carbocycles. The van der Waals surface area contributed by atoms with Crippen LogP contribution in [0.25, 0.3) is 11.3 Å². The molecule has 0 aliphatic heterocycles. The molecule has 20 heavy (non-hydrogen) atoms. The van der Waals surface area contributed by atoms with Crippen molar-refractivity contribution in [3.05, 3.63) is 66.6 Å². The van der Waals surface area contributed by atoms with E-state index in [1.807, 2.05) is 59.4 Å². The molecule has 0 amide bonds. The van der Waals surface area contributed by atoms with Gasteiger partial charge in [-0.2, -0.15) is 9.99 Å². The number of pyridine rings is 1. The molecule has 0 saturated heterocycles. The molecule has 0 aliphatic carbocycles. The van der Waals surface area contributed by atoms with Gasteiger partial charge in [0.15, 0.2) is 0 Å². The van der Waals surface area contributed by atoms with Crippen LogP contribution in [0.15, 0.2) is 65.8 Å². The van der Waals surface area contributed by atoms with Crippen LogP contribution < -0.4 is 0 Å². The smallest absolute Gasteiger partial charge is 0.779 e. The Morgan fingerprint density at radius 3 is 2.60 bits per heavy atom. The monoisotopic (exact) mass is 329 g/mol. The van der Waals surface area contributed by atoms with Crippen LogP contribution in [0.1, 0.15) is 5.69 Å². The van der Waals surface area contributed by atoms with Crippen molar-refractivity contribution in [2.75, 3.05) is 0 Å². The zero-order valence-corrected chi connectivity index (χ0v) is 12.3. The topological polar surface area (TPSA) is 30.7 Å².